The van der Waals surface area contributed by atoms with Gasteiger partial charge >= 0.3 is 6.09 Å². The molecule has 7 heteroatoms. The number of nitrogens with zero attached hydrogens (tertiary/aromatic N) is 2. The molecule has 2 aliphatic heterocycles. The van der Waals surface area contributed by atoms with Gasteiger partial charge in [0.05, 0.1) is 12.5 Å². The molecule has 1 aliphatic carbocycles. The summed E-state index contributed by atoms with van der Waals surface area (Å²) < 4.78 is 5.01. The zero-order valence-corrected chi connectivity index (χ0v) is 13.6. The first-order valence-electron chi connectivity index (χ1n) is 8.60. The Balaban J connectivity index is 1.49. The molecule has 3 rings (SSSR count). The van der Waals surface area contributed by atoms with Gasteiger partial charge < -0.3 is 19.9 Å². The third kappa shape index (κ3) is 3.76. The second-order valence-corrected chi connectivity index (χ2v) is 6.65. The van der Waals surface area contributed by atoms with Crippen LogP contribution in [0.25, 0.3) is 0 Å². The lowest BCUT2D eigenvalue weighted by atomic mass is 10.0. The standard InChI is InChI=1S/C16H25N3O4/c1-2-23-16(22)18-7-5-13(6-8-18)19-10-11(9-14(19)20)15(21)17-12-3-4-12/h11-13H,2-10H2,1H3,(H,17,21). The van der Waals surface area contributed by atoms with Crippen molar-refractivity contribution < 1.29 is 19.1 Å². The van der Waals surface area contributed by atoms with Gasteiger partial charge in [-0.3, -0.25) is 9.59 Å². The fraction of sp³-hybridized carbons (Fsp3) is 0.812. The van der Waals surface area contributed by atoms with E-state index in [1.807, 2.05) is 4.90 Å². The molecule has 0 bridgehead atoms. The summed E-state index contributed by atoms with van der Waals surface area (Å²) in [6.07, 6.45) is 3.66. The van der Waals surface area contributed by atoms with Crippen LogP contribution in [0.1, 0.15) is 39.0 Å². The van der Waals surface area contributed by atoms with Gasteiger partial charge in [-0.1, -0.05) is 0 Å². The van der Waals surface area contributed by atoms with Crippen LogP contribution in [-0.2, 0) is 14.3 Å². The van der Waals surface area contributed by atoms with Crippen molar-refractivity contribution in [2.24, 2.45) is 5.92 Å². The normalized spacial score (nSPS) is 25.6. The van der Waals surface area contributed by atoms with Gasteiger partial charge in [0.25, 0.3) is 0 Å². The number of rotatable bonds is 4. The number of nitrogens with one attached hydrogen (secondary N) is 1. The molecule has 1 N–H and O–H groups in total. The maximum Gasteiger partial charge on any atom is 0.409 e. The Morgan fingerprint density at radius 2 is 1.91 bits per heavy atom. The minimum Gasteiger partial charge on any atom is -0.450 e. The van der Waals surface area contributed by atoms with E-state index in [2.05, 4.69) is 5.32 Å². The summed E-state index contributed by atoms with van der Waals surface area (Å²) in [5, 5.41) is 2.99. The molecule has 3 fully saturated rings. The van der Waals surface area contributed by atoms with E-state index in [-0.39, 0.29) is 29.9 Å². The minimum absolute atomic E-state index is 0.0207. The molecule has 1 unspecified atom stereocenters. The first-order chi connectivity index (χ1) is 11.1. The van der Waals surface area contributed by atoms with Crippen LogP contribution >= 0.6 is 0 Å². The van der Waals surface area contributed by atoms with E-state index in [4.69, 9.17) is 4.74 Å². The quantitative estimate of drug-likeness (QED) is 0.827. The molecule has 0 aromatic rings. The molecule has 1 atom stereocenters. The molecule has 7 nitrogen and oxygen atoms in total. The van der Waals surface area contributed by atoms with Crippen LogP contribution in [0.15, 0.2) is 0 Å². The summed E-state index contributed by atoms with van der Waals surface area (Å²) in [5.41, 5.74) is 0. The van der Waals surface area contributed by atoms with E-state index in [0.717, 1.165) is 25.7 Å². The van der Waals surface area contributed by atoms with Crippen LogP contribution in [0.3, 0.4) is 0 Å². The molecule has 1 saturated carbocycles. The molecule has 0 aromatic carbocycles. The van der Waals surface area contributed by atoms with Crippen LogP contribution in [0, 0.1) is 5.92 Å². The molecule has 3 aliphatic rings. The van der Waals surface area contributed by atoms with Gasteiger partial charge in [-0.15, -0.1) is 0 Å². The van der Waals surface area contributed by atoms with Crippen molar-refractivity contribution in [2.45, 2.75) is 51.1 Å². The van der Waals surface area contributed by atoms with E-state index in [9.17, 15) is 14.4 Å². The lowest BCUT2D eigenvalue weighted by Gasteiger charge is -2.36. The highest BCUT2D eigenvalue weighted by Gasteiger charge is 2.40. The van der Waals surface area contributed by atoms with Crippen LogP contribution in [0.4, 0.5) is 4.79 Å². The number of piperidine rings is 1. The summed E-state index contributed by atoms with van der Waals surface area (Å²) in [6, 6.07) is 0.464. The van der Waals surface area contributed by atoms with Crippen molar-refractivity contribution in [3.63, 3.8) is 0 Å². The van der Waals surface area contributed by atoms with Crippen molar-refractivity contribution in [1.29, 1.82) is 0 Å². The zero-order valence-electron chi connectivity index (χ0n) is 13.6. The number of likely N-dealkylation sites (tertiary alicyclic amines) is 2. The van der Waals surface area contributed by atoms with E-state index < -0.39 is 0 Å². The fourth-order valence-electron chi connectivity index (χ4n) is 3.38. The van der Waals surface area contributed by atoms with Gasteiger partial charge in [0, 0.05) is 38.1 Å². The van der Waals surface area contributed by atoms with Crippen molar-refractivity contribution in [3.8, 4) is 0 Å². The van der Waals surface area contributed by atoms with Crippen molar-refractivity contribution >= 4 is 17.9 Å². The number of ether oxygens (including phenoxy) is 1. The molecular formula is C16H25N3O4. The van der Waals surface area contributed by atoms with Gasteiger partial charge in [-0.2, -0.15) is 0 Å². The molecule has 2 heterocycles. The van der Waals surface area contributed by atoms with Gasteiger partial charge in [0.15, 0.2) is 0 Å². The van der Waals surface area contributed by atoms with Gasteiger partial charge in [0.2, 0.25) is 11.8 Å². The Bertz CT molecular complexity index is 484. The highest BCUT2D eigenvalue weighted by Crippen LogP contribution is 2.27. The Kier molecular flexibility index (Phi) is 4.73. The maximum atomic E-state index is 12.2. The Hall–Kier alpha value is -1.79. The van der Waals surface area contributed by atoms with Crippen LogP contribution in [-0.4, -0.2) is 66.0 Å². The maximum absolute atomic E-state index is 12.2. The Morgan fingerprint density at radius 1 is 1.22 bits per heavy atom. The summed E-state index contributed by atoms with van der Waals surface area (Å²) in [7, 11) is 0. The predicted molar refractivity (Wildman–Crippen MR) is 82.6 cm³/mol. The number of hydrogen-bond acceptors (Lipinski definition) is 4. The predicted octanol–water partition coefficient (Wildman–Crippen LogP) is 0.734. The van der Waals surface area contributed by atoms with E-state index >= 15 is 0 Å². The SMILES string of the molecule is CCOC(=O)N1CCC(N2CC(C(=O)NC3CC3)CC2=O)CC1. The average molecular weight is 323 g/mol. The Labute approximate surface area is 136 Å². The van der Waals surface area contributed by atoms with E-state index in [0.29, 0.717) is 38.7 Å². The Morgan fingerprint density at radius 3 is 2.52 bits per heavy atom. The number of hydrogen-bond donors (Lipinski definition) is 1. The molecule has 2 saturated heterocycles. The van der Waals surface area contributed by atoms with Crippen molar-refractivity contribution in [3.05, 3.63) is 0 Å². The zero-order chi connectivity index (χ0) is 16.4. The summed E-state index contributed by atoms with van der Waals surface area (Å²) in [4.78, 5) is 39.6. The number of amides is 3. The van der Waals surface area contributed by atoms with Crippen molar-refractivity contribution in [2.75, 3.05) is 26.2 Å². The third-order valence-corrected chi connectivity index (χ3v) is 4.88. The van der Waals surface area contributed by atoms with E-state index in [1.165, 1.54) is 0 Å². The molecule has 0 radical (unpaired) electrons. The van der Waals surface area contributed by atoms with Crippen LogP contribution in [0.2, 0.25) is 0 Å². The highest BCUT2D eigenvalue weighted by molar-refractivity contribution is 5.89. The monoisotopic (exact) mass is 323 g/mol. The second-order valence-electron chi connectivity index (χ2n) is 6.65. The largest absolute Gasteiger partial charge is 0.450 e. The third-order valence-electron chi connectivity index (χ3n) is 4.88. The number of carbonyl (C=O) groups is 3. The van der Waals surface area contributed by atoms with Crippen LogP contribution < -0.4 is 5.32 Å². The van der Waals surface area contributed by atoms with E-state index in [1.54, 1.807) is 11.8 Å². The topological polar surface area (TPSA) is 79.0 Å². The highest BCUT2D eigenvalue weighted by atomic mass is 16.6. The lowest BCUT2D eigenvalue weighted by molar-refractivity contribution is -0.131. The van der Waals surface area contributed by atoms with Gasteiger partial charge in [-0.25, -0.2) is 4.79 Å². The summed E-state index contributed by atoms with van der Waals surface area (Å²) in [5.74, 6) is -0.131. The molecule has 128 valence electrons. The number of carbonyl (C=O) groups excluding carboxylic acids is 3. The molecule has 0 spiro atoms. The molecule has 0 aromatic heterocycles. The molecule has 23 heavy (non-hydrogen) atoms. The van der Waals surface area contributed by atoms with Crippen molar-refractivity contribution in [1.82, 2.24) is 15.1 Å². The van der Waals surface area contributed by atoms with Crippen LogP contribution in [0.5, 0.6) is 0 Å². The fourth-order valence-corrected chi connectivity index (χ4v) is 3.38. The molecule has 3 amide bonds. The molecular weight excluding hydrogens is 298 g/mol. The minimum atomic E-state index is -0.277. The summed E-state index contributed by atoms with van der Waals surface area (Å²) in [6.45, 7) is 3.89. The summed E-state index contributed by atoms with van der Waals surface area (Å²) >= 11 is 0. The first-order valence-corrected chi connectivity index (χ1v) is 8.60. The van der Waals surface area contributed by atoms with Gasteiger partial charge in [0.1, 0.15) is 0 Å². The van der Waals surface area contributed by atoms with Gasteiger partial charge in [-0.05, 0) is 32.6 Å². The second kappa shape index (κ2) is 6.76. The smallest absolute Gasteiger partial charge is 0.409 e. The average Bonchev–Trinajstić information content (AvgIpc) is 3.27. The lowest BCUT2D eigenvalue weighted by Crippen LogP contribution is -2.47. The first kappa shape index (κ1) is 16.1.